The molecule has 3 rings (SSSR count). The van der Waals surface area contributed by atoms with Crippen LogP contribution in [0, 0.1) is 11.2 Å². The van der Waals surface area contributed by atoms with Gasteiger partial charge in [0.1, 0.15) is 23.7 Å². The lowest BCUT2D eigenvalue weighted by atomic mass is 10.0. The molecule has 8 heteroatoms. The molecule has 0 amide bonds. The fourth-order valence-electron chi connectivity index (χ4n) is 3.33. The largest absolute Gasteiger partial charge is 0.491 e. The van der Waals surface area contributed by atoms with E-state index in [4.69, 9.17) is 25.4 Å². The van der Waals surface area contributed by atoms with Crippen LogP contribution in [0.2, 0.25) is 0 Å². The van der Waals surface area contributed by atoms with Crippen LogP contribution < -0.4 is 10.5 Å². The normalized spacial score (nSPS) is 14.4. The van der Waals surface area contributed by atoms with Crippen molar-refractivity contribution in [2.24, 2.45) is 0 Å². The molecule has 0 radical (unpaired) electrons. The van der Waals surface area contributed by atoms with Gasteiger partial charge in [0.2, 0.25) is 0 Å². The van der Waals surface area contributed by atoms with E-state index in [-0.39, 0.29) is 29.4 Å². The minimum absolute atomic E-state index is 0.0688. The average molecular weight is 442 g/mol. The predicted octanol–water partition coefficient (Wildman–Crippen LogP) is 3.38. The molecular formula is C24H28FN3O4. The number of nitrogens with two attached hydrogens (primary N) is 1. The summed E-state index contributed by atoms with van der Waals surface area (Å²) in [5, 5.41) is 8.57. The molecule has 1 aliphatic heterocycles. The summed E-state index contributed by atoms with van der Waals surface area (Å²) in [7, 11) is 0. The summed E-state index contributed by atoms with van der Waals surface area (Å²) in [6, 6.07) is 9.03. The molecule has 0 atom stereocenters. The van der Waals surface area contributed by atoms with E-state index in [0.717, 1.165) is 18.7 Å². The van der Waals surface area contributed by atoms with Crippen LogP contribution in [0.25, 0.3) is 6.08 Å². The quantitative estimate of drug-likeness (QED) is 0.352. The van der Waals surface area contributed by atoms with Crippen LogP contribution in [0.5, 0.6) is 5.75 Å². The number of morpholine rings is 1. The van der Waals surface area contributed by atoms with Crippen molar-refractivity contribution >= 4 is 23.4 Å². The van der Waals surface area contributed by atoms with Gasteiger partial charge in [0.25, 0.3) is 0 Å². The third kappa shape index (κ3) is 6.15. The summed E-state index contributed by atoms with van der Waals surface area (Å²) < 4.78 is 29.7. The fourth-order valence-corrected chi connectivity index (χ4v) is 3.33. The molecule has 3 N–H and O–H groups in total. The smallest absolute Gasteiger partial charge is 0.341 e. The average Bonchev–Trinajstić information content (AvgIpc) is 2.79. The number of hydrogen-bond acceptors (Lipinski definition) is 7. The molecule has 0 saturated carbocycles. The maximum Gasteiger partial charge on any atom is 0.341 e. The standard InChI is InChI=1S/C24H28FN3O4/c1-2-31-24(29)19-8-10-21(27)22(20(26)9-5-17-3-6-18(25)7-4-17)23(19)32-16-13-28-11-14-30-15-12-28/h3-10,26H,2,11-16,27H2,1H3/b9-5+,26-20?. The zero-order valence-corrected chi connectivity index (χ0v) is 18.1. The first-order chi connectivity index (χ1) is 15.5. The number of anilines is 1. The van der Waals surface area contributed by atoms with E-state index in [1.807, 2.05) is 0 Å². The maximum atomic E-state index is 13.1. The third-order valence-electron chi connectivity index (χ3n) is 5.02. The number of hydrogen-bond donors (Lipinski definition) is 2. The summed E-state index contributed by atoms with van der Waals surface area (Å²) in [5.41, 5.74) is 7.83. The summed E-state index contributed by atoms with van der Waals surface area (Å²) in [6.07, 6.45) is 3.22. The highest BCUT2D eigenvalue weighted by molar-refractivity contribution is 6.15. The molecule has 1 saturated heterocycles. The van der Waals surface area contributed by atoms with Gasteiger partial charge in [-0.25, -0.2) is 9.18 Å². The van der Waals surface area contributed by atoms with Gasteiger partial charge in [-0.2, -0.15) is 0 Å². The van der Waals surface area contributed by atoms with E-state index < -0.39 is 5.97 Å². The first-order valence-corrected chi connectivity index (χ1v) is 10.5. The molecular weight excluding hydrogens is 413 g/mol. The van der Waals surface area contributed by atoms with Crippen molar-refractivity contribution in [2.45, 2.75) is 6.92 Å². The number of nitrogens with one attached hydrogen (secondary N) is 1. The van der Waals surface area contributed by atoms with Crippen LogP contribution in [0.15, 0.2) is 42.5 Å². The maximum absolute atomic E-state index is 13.1. The van der Waals surface area contributed by atoms with Crippen LogP contribution >= 0.6 is 0 Å². The highest BCUT2D eigenvalue weighted by Gasteiger charge is 2.22. The monoisotopic (exact) mass is 441 g/mol. The number of ether oxygens (including phenoxy) is 3. The number of nitrogens with zero attached hydrogens (tertiary/aromatic N) is 1. The van der Waals surface area contributed by atoms with Gasteiger partial charge in [0.15, 0.2) is 0 Å². The van der Waals surface area contributed by atoms with Gasteiger partial charge in [0, 0.05) is 25.3 Å². The van der Waals surface area contributed by atoms with E-state index in [2.05, 4.69) is 4.90 Å². The molecule has 2 aromatic carbocycles. The van der Waals surface area contributed by atoms with Crippen molar-refractivity contribution in [3.63, 3.8) is 0 Å². The number of nitrogen functional groups attached to an aromatic ring is 1. The molecule has 1 aliphatic rings. The van der Waals surface area contributed by atoms with Gasteiger partial charge in [0.05, 0.1) is 31.1 Å². The summed E-state index contributed by atoms with van der Waals surface area (Å²) in [4.78, 5) is 14.7. The number of halogens is 1. The van der Waals surface area contributed by atoms with E-state index in [0.29, 0.717) is 37.6 Å². The molecule has 2 aromatic rings. The minimum atomic E-state index is -0.537. The van der Waals surface area contributed by atoms with Gasteiger partial charge < -0.3 is 25.4 Å². The van der Waals surface area contributed by atoms with E-state index in [1.54, 1.807) is 43.3 Å². The number of allylic oxidation sites excluding steroid dienone is 1. The molecule has 32 heavy (non-hydrogen) atoms. The van der Waals surface area contributed by atoms with E-state index >= 15 is 0 Å². The van der Waals surface area contributed by atoms with Crippen LogP contribution in [0.3, 0.4) is 0 Å². The van der Waals surface area contributed by atoms with Crippen molar-refractivity contribution in [1.82, 2.24) is 4.90 Å². The topological polar surface area (TPSA) is 97.9 Å². The van der Waals surface area contributed by atoms with Crippen LogP contribution in [0.1, 0.15) is 28.4 Å². The second-order valence-corrected chi connectivity index (χ2v) is 7.23. The van der Waals surface area contributed by atoms with Gasteiger partial charge in [-0.1, -0.05) is 18.2 Å². The Morgan fingerprint density at radius 3 is 2.62 bits per heavy atom. The first-order valence-electron chi connectivity index (χ1n) is 10.5. The lowest BCUT2D eigenvalue weighted by Gasteiger charge is -2.26. The van der Waals surface area contributed by atoms with Crippen molar-refractivity contribution in [3.05, 3.63) is 65.0 Å². The number of carbonyl (C=O) groups excluding carboxylic acids is 1. The molecule has 170 valence electrons. The molecule has 1 fully saturated rings. The first kappa shape index (κ1) is 23.4. The summed E-state index contributed by atoms with van der Waals surface area (Å²) >= 11 is 0. The van der Waals surface area contributed by atoms with Gasteiger partial charge in [-0.15, -0.1) is 0 Å². The highest BCUT2D eigenvalue weighted by atomic mass is 19.1. The SMILES string of the molecule is CCOC(=O)c1ccc(N)c(C(=N)/C=C/c2ccc(F)cc2)c1OCCN1CCOCC1. The second-order valence-electron chi connectivity index (χ2n) is 7.23. The predicted molar refractivity (Wildman–Crippen MR) is 122 cm³/mol. The Bertz CT molecular complexity index is 970. The van der Waals surface area contributed by atoms with Gasteiger partial charge >= 0.3 is 5.97 Å². The zero-order valence-electron chi connectivity index (χ0n) is 18.1. The van der Waals surface area contributed by atoms with Crippen LogP contribution in [0.4, 0.5) is 10.1 Å². The van der Waals surface area contributed by atoms with Crippen molar-refractivity contribution in [3.8, 4) is 5.75 Å². The second kappa shape index (κ2) is 11.4. The molecule has 1 heterocycles. The number of esters is 1. The molecule has 0 unspecified atom stereocenters. The Kier molecular flexibility index (Phi) is 8.35. The van der Waals surface area contributed by atoms with Gasteiger partial charge in [-0.05, 0) is 42.8 Å². The van der Waals surface area contributed by atoms with E-state index in [9.17, 15) is 9.18 Å². The summed E-state index contributed by atoms with van der Waals surface area (Å²) in [6.45, 7) is 5.89. The third-order valence-corrected chi connectivity index (χ3v) is 5.02. The van der Waals surface area contributed by atoms with Crippen LogP contribution in [-0.2, 0) is 9.47 Å². The molecule has 0 bridgehead atoms. The Morgan fingerprint density at radius 1 is 1.22 bits per heavy atom. The minimum Gasteiger partial charge on any atom is -0.491 e. The Labute approximate surface area is 187 Å². The fraction of sp³-hybridized carbons (Fsp3) is 0.333. The number of benzene rings is 2. The lowest BCUT2D eigenvalue weighted by Crippen LogP contribution is -2.38. The zero-order chi connectivity index (χ0) is 22.9. The Balaban J connectivity index is 1.86. The molecule has 0 aromatic heterocycles. The van der Waals surface area contributed by atoms with Crippen molar-refractivity contribution in [1.29, 1.82) is 5.41 Å². The Hall–Kier alpha value is -3.23. The van der Waals surface area contributed by atoms with Gasteiger partial charge in [-0.3, -0.25) is 4.90 Å². The highest BCUT2D eigenvalue weighted by Crippen LogP contribution is 2.31. The Morgan fingerprint density at radius 2 is 1.94 bits per heavy atom. The van der Waals surface area contributed by atoms with Crippen LogP contribution in [-0.4, -0.2) is 62.6 Å². The number of carbonyl (C=O) groups is 1. The van der Waals surface area contributed by atoms with E-state index in [1.165, 1.54) is 12.1 Å². The molecule has 0 spiro atoms. The summed E-state index contributed by atoms with van der Waals surface area (Å²) in [5.74, 6) is -0.643. The lowest BCUT2D eigenvalue weighted by molar-refractivity contribution is 0.0320. The molecule has 0 aliphatic carbocycles. The molecule has 7 nitrogen and oxygen atoms in total. The van der Waals surface area contributed by atoms with Crippen molar-refractivity contribution < 1.29 is 23.4 Å². The van der Waals surface area contributed by atoms with Crippen molar-refractivity contribution in [2.75, 3.05) is 51.8 Å². The number of rotatable bonds is 9.